The molecule has 1 aliphatic heterocycles. The molecule has 0 radical (unpaired) electrons. The highest BCUT2D eigenvalue weighted by Crippen LogP contribution is 2.33. The summed E-state index contributed by atoms with van der Waals surface area (Å²) in [6.45, 7) is 0.544. The lowest BCUT2D eigenvalue weighted by Gasteiger charge is -2.25. The summed E-state index contributed by atoms with van der Waals surface area (Å²) in [4.78, 5) is 34.6. The highest BCUT2D eigenvalue weighted by atomic mass is 19.3. The van der Waals surface area contributed by atoms with E-state index < -0.39 is 17.7 Å². The van der Waals surface area contributed by atoms with Crippen molar-refractivity contribution in [3.05, 3.63) is 60.0 Å². The summed E-state index contributed by atoms with van der Waals surface area (Å²) in [5.74, 6) is -3.86. The van der Waals surface area contributed by atoms with Gasteiger partial charge < -0.3 is 16.0 Å². The van der Waals surface area contributed by atoms with Gasteiger partial charge in [0.25, 0.3) is 11.8 Å². The minimum atomic E-state index is -2.71. The van der Waals surface area contributed by atoms with E-state index in [9.17, 15) is 18.4 Å². The van der Waals surface area contributed by atoms with Crippen molar-refractivity contribution in [2.24, 2.45) is 5.73 Å². The van der Waals surface area contributed by atoms with E-state index in [-0.39, 0.29) is 25.1 Å². The Kier molecular flexibility index (Phi) is 5.50. The van der Waals surface area contributed by atoms with Gasteiger partial charge in [0.15, 0.2) is 0 Å². The zero-order valence-electron chi connectivity index (χ0n) is 16.6. The third-order valence-corrected chi connectivity index (χ3v) is 5.29. The second-order valence-electron chi connectivity index (χ2n) is 7.51. The van der Waals surface area contributed by atoms with Crippen molar-refractivity contribution >= 4 is 34.1 Å². The van der Waals surface area contributed by atoms with Crippen molar-refractivity contribution in [1.29, 1.82) is 0 Å². The molecule has 7 nitrogen and oxygen atoms in total. The van der Waals surface area contributed by atoms with Crippen LogP contribution in [0.15, 0.2) is 48.8 Å². The molecule has 3 heterocycles. The number of hydrogen-bond donors (Lipinski definition) is 2. The van der Waals surface area contributed by atoms with Gasteiger partial charge in [-0.1, -0.05) is 6.07 Å². The van der Waals surface area contributed by atoms with Crippen molar-refractivity contribution in [3.8, 4) is 0 Å². The number of amides is 2. The van der Waals surface area contributed by atoms with Crippen LogP contribution in [0.3, 0.4) is 0 Å². The molecule has 1 fully saturated rings. The number of anilines is 2. The third kappa shape index (κ3) is 4.60. The lowest BCUT2D eigenvalue weighted by Crippen LogP contribution is -2.28. The van der Waals surface area contributed by atoms with Crippen LogP contribution in [0.2, 0.25) is 0 Å². The molecule has 9 heteroatoms. The molecule has 1 aliphatic rings. The summed E-state index contributed by atoms with van der Waals surface area (Å²) in [6.07, 6.45) is 2.88. The number of nitrogens with one attached hydrogen (secondary N) is 1. The van der Waals surface area contributed by atoms with Gasteiger partial charge in [-0.2, -0.15) is 0 Å². The lowest BCUT2D eigenvalue weighted by atomic mass is 10.1. The third-order valence-electron chi connectivity index (χ3n) is 5.29. The van der Waals surface area contributed by atoms with Gasteiger partial charge in [-0.3, -0.25) is 19.6 Å². The van der Waals surface area contributed by atoms with Gasteiger partial charge in [0.2, 0.25) is 5.92 Å². The first-order chi connectivity index (χ1) is 14.8. The summed E-state index contributed by atoms with van der Waals surface area (Å²) < 4.78 is 27.8. The molecule has 3 aromatic rings. The number of nitrogens with two attached hydrogens (primary N) is 1. The van der Waals surface area contributed by atoms with Crippen molar-refractivity contribution < 1.29 is 18.4 Å². The van der Waals surface area contributed by atoms with E-state index in [1.165, 1.54) is 12.3 Å². The average molecular weight is 425 g/mol. The summed E-state index contributed by atoms with van der Waals surface area (Å²) in [5.41, 5.74) is 7.19. The Labute approximate surface area is 177 Å². The molecule has 160 valence electrons. The zero-order valence-corrected chi connectivity index (χ0v) is 16.6. The summed E-state index contributed by atoms with van der Waals surface area (Å²) in [6, 6.07) is 9.98. The maximum atomic E-state index is 13.9. The average Bonchev–Trinajstić information content (AvgIpc) is 2.93. The summed E-state index contributed by atoms with van der Waals surface area (Å²) in [5, 5.41) is 3.50. The second-order valence-corrected chi connectivity index (χ2v) is 7.51. The number of benzene rings is 1. The summed E-state index contributed by atoms with van der Waals surface area (Å²) >= 11 is 0. The molecule has 0 spiro atoms. The van der Waals surface area contributed by atoms with E-state index in [1.54, 1.807) is 30.5 Å². The second kappa shape index (κ2) is 8.25. The number of pyridine rings is 2. The molecule has 2 amide bonds. The molecule has 0 bridgehead atoms. The Morgan fingerprint density at radius 3 is 2.71 bits per heavy atom. The van der Waals surface area contributed by atoms with Crippen LogP contribution in [0.4, 0.5) is 20.2 Å². The predicted molar refractivity (Wildman–Crippen MR) is 113 cm³/mol. The number of fused-ring (bicyclic) bond motifs is 1. The molecule has 2 aromatic heterocycles. The van der Waals surface area contributed by atoms with E-state index >= 15 is 0 Å². The van der Waals surface area contributed by atoms with Gasteiger partial charge in [0.05, 0.1) is 16.8 Å². The highest BCUT2D eigenvalue weighted by molar-refractivity contribution is 6.11. The minimum absolute atomic E-state index is 0.0236. The fourth-order valence-corrected chi connectivity index (χ4v) is 3.70. The van der Waals surface area contributed by atoms with Crippen LogP contribution in [-0.4, -0.2) is 40.8 Å². The first-order valence-corrected chi connectivity index (χ1v) is 9.91. The molecule has 0 atom stereocenters. The molecule has 4 rings (SSSR count). The first-order valence-electron chi connectivity index (χ1n) is 9.91. The number of primary amides is 1. The van der Waals surface area contributed by atoms with Crippen molar-refractivity contribution in [2.45, 2.75) is 25.2 Å². The fourth-order valence-electron chi connectivity index (χ4n) is 3.70. The number of carbonyl (C=O) groups is 2. The SMILES string of the molecule is NC(=O)c1cc(NC(=O)c2cc3cccnc3cc2N2CCCC(F)(F)CC2)ccn1. The van der Waals surface area contributed by atoms with E-state index in [0.29, 0.717) is 35.4 Å². The number of aromatic nitrogens is 2. The van der Waals surface area contributed by atoms with Gasteiger partial charge in [0, 0.05) is 49.4 Å². The molecule has 31 heavy (non-hydrogen) atoms. The standard InChI is InChI=1S/C22H21F2N5O2/c23-22(24)5-2-9-29(10-6-22)19-13-17-14(3-1-7-26-17)11-16(19)21(31)28-15-4-8-27-18(12-15)20(25)30/h1,3-4,7-8,11-13H,2,5-6,9-10H2,(H2,25,30)(H,27,28,31). The van der Waals surface area contributed by atoms with Crippen LogP contribution in [0.1, 0.15) is 40.1 Å². The van der Waals surface area contributed by atoms with Gasteiger partial charge >= 0.3 is 0 Å². The van der Waals surface area contributed by atoms with Crippen LogP contribution in [0.25, 0.3) is 10.9 Å². The van der Waals surface area contributed by atoms with Crippen molar-refractivity contribution in [1.82, 2.24) is 9.97 Å². The van der Waals surface area contributed by atoms with Crippen LogP contribution in [0, 0.1) is 0 Å². The van der Waals surface area contributed by atoms with E-state index in [1.807, 2.05) is 11.0 Å². The molecular formula is C22H21F2N5O2. The number of hydrogen-bond acceptors (Lipinski definition) is 5. The van der Waals surface area contributed by atoms with Crippen LogP contribution >= 0.6 is 0 Å². The Morgan fingerprint density at radius 2 is 1.90 bits per heavy atom. The molecule has 0 unspecified atom stereocenters. The number of alkyl halides is 2. The van der Waals surface area contributed by atoms with Crippen LogP contribution in [-0.2, 0) is 0 Å². The van der Waals surface area contributed by atoms with E-state index in [2.05, 4.69) is 15.3 Å². The topological polar surface area (TPSA) is 101 Å². The lowest BCUT2D eigenvalue weighted by molar-refractivity contribution is -0.0102. The summed E-state index contributed by atoms with van der Waals surface area (Å²) in [7, 11) is 0. The number of rotatable bonds is 4. The largest absolute Gasteiger partial charge is 0.371 e. The number of carbonyl (C=O) groups excluding carboxylic acids is 2. The molecule has 3 N–H and O–H groups in total. The molecular weight excluding hydrogens is 404 g/mol. The smallest absolute Gasteiger partial charge is 0.267 e. The first kappa shape index (κ1) is 20.6. The molecule has 0 aliphatic carbocycles. The molecule has 1 saturated heterocycles. The zero-order chi connectivity index (χ0) is 22.0. The number of halogens is 2. The van der Waals surface area contributed by atoms with Crippen molar-refractivity contribution in [2.75, 3.05) is 23.3 Å². The van der Waals surface area contributed by atoms with E-state index in [0.717, 1.165) is 5.39 Å². The quantitative estimate of drug-likeness (QED) is 0.665. The van der Waals surface area contributed by atoms with Gasteiger partial charge in [0.1, 0.15) is 5.69 Å². The van der Waals surface area contributed by atoms with Gasteiger partial charge in [-0.25, -0.2) is 8.78 Å². The molecule has 1 aromatic carbocycles. The Hall–Kier alpha value is -3.62. The Balaban J connectivity index is 1.71. The Bertz CT molecular complexity index is 1150. The predicted octanol–water partition coefficient (Wildman–Crippen LogP) is 3.61. The van der Waals surface area contributed by atoms with Gasteiger partial charge in [-0.05, 0) is 36.8 Å². The maximum absolute atomic E-state index is 13.9. The maximum Gasteiger partial charge on any atom is 0.267 e. The van der Waals surface area contributed by atoms with Gasteiger partial charge in [-0.15, -0.1) is 0 Å². The minimum Gasteiger partial charge on any atom is -0.371 e. The Morgan fingerprint density at radius 1 is 1.06 bits per heavy atom. The van der Waals surface area contributed by atoms with Crippen LogP contribution in [0.5, 0.6) is 0 Å². The fraction of sp³-hybridized carbons (Fsp3) is 0.273. The number of nitrogens with zero attached hydrogens (tertiary/aromatic N) is 3. The molecule has 0 saturated carbocycles. The highest BCUT2D eigenvalue weighted by Gasteiger charge is 2.32. The van der Waals surface area contributed by atoms with Crippen LogP contribution < -0.4 is 16.0 Å². The van der Waals surface area contributed by atoms with E-state index in [4.69, 9.17) is 5.73 Å². The normalized spacial score (nSPS) is 16.0. The monoisotopic (exact) mass is 425 g/mol. The van der Waals surface area contributed by atoms with Crippen molar-refractivity contribution in [3.63, 3.8) is 0 Å².